The van der Waals surface area contributed by atoms with Gasteiger partial charge in [0.05, 0.1) is 16.2 Å². The van der Waals surface area contributed by atoms with Crippen molar-refractivity contribution in [3.05, 3.63) is 120 Å². The minimum Gasteiger partial charge on any atom is -0.507 e. The molecular weight excluding hydrogens is 395 g/mol. The Morgan fingerprint density at radius 2 is 1.20 bits per heavy atom. The maximum atomic E-state index is 14.1. The minimum atomic E-state index is -3.48. The smallest absolute Gasteiger partial charge is 0.306 e. The molecule has 4 aromatic rings. The Labute approximate surface area is 174 Å². The molecule has 0 bridgehead atoms. The molecular formula is C25H19O4P. The van der Waals surface area contributed by atoms with Crippen LogP contribution in [0.3, 0.4) is 0 Å². The van der Waals surface area contributed by atoms with Gasteiger partial charge in [-0.3, -0.25) is 9.36 Å². The summed E-state index contributed by atoms with van der Waals surface area (Å²) in [6.45, 7) is 0. The summed E-state index contributed by atoms with van der Waals surface area (Å²) in [4.78, 5) is 12.8. The number of ketones is 1. The van der Waals surface area contributed by atoms with Crippen molar-refractivity contribution in [1.29, 1.82) is 0 Å². The lowest BCUT2D eigenvalue weighted by atomic mass is 10.0. The van der Waals surface area contributed by atoms with Gasteiger partial charge in [-0.1, -0.05) is 66.7 Å². The van der Waals surface area contributed by atoms with Crippen molar-refractivity contribution in [2.24, 2.45) is 0 Å². The quantitative estimate of drug-likeness (QED) is 0.359. The van der Waals surface area contributed by atoms with Crippen LogP contribution in [-0.4, -0.2) is 10.9 Å². The number of carbonyl (C=O) groups is 1. The SMILES string of the molecule is O=C(c1ccccc1)c1cc(OP(=O)(c2ccccc2)c2ccccc2)ccc1O. The zero-order valence-electron chi connectivity index (χ0n) is 16.0. The molecule has 4 nitrogen and oxygen atoms in total. The van der Waals surface area contributed by atoms with E-state index < -0.39 is 7.37 Å². The highest BCUT2D eigenvalue weighted by Crippen LogP contribution is 2.45. The fraction of sp³-hybridized carbons (Fsp3) is 0. The number of benzene rings is 4. The van der Waals surface area contributed by atoms with Gasteiger partial charge in [0, 0.05) is 5.56 Å². The van der Waals surface area contributed by atoms with E-state index in [0.29, 0.717) is 16.2 Å². The number of phenolic OH excluding ortho intramolecular Hbond substituents is 1. The van der Waals surface area contributed by atoms with Crippen molar-refractivity contribution >= 4 is 23.8 Å². The van der Waals surface area contributed by atoms with Crippen LogP contribution in [0.2, 0.25) is 0 Å². The predicted molar refractivity (Wildman–Crippen MR) is 118 cm³/mol. The Morgan fingerprint density at radius 3 is 1.73 bits per heavy atom. The lowest BCUT2D eigenvalue weighted by Gasteiger charge is -2.21. The third-order valence-corrected chi connectivity index (χ3v) is 7.10. The second kappa shape index (κ2) is 8.40. The molecule has 30 heavy (non-hydrogen) atoms. The molecule has 0 aromatic heterocycles. The van der Waals surface area contributed by atoms with E-state index in [4.69, 9.17) is 4.52 Å². The van der Waals surface area contributed by atoms with E-state index in [-0.39, 0.29) is 22.8 Å². The third-order valence-electron chi connectivity index (χ3n) is 4.67. The highest BCUT2D eigenvalue weighted by molar-refractivity contribution is 7.74. The maximum absolute atomic E-state index is 14.1. The zero-order valence-corrected chi connectivity index (χ0v) is 16.9. The Bertz CT molecular complexity index is 1160. The van der Waals surface area contributed by atoms with Crippen LogP contribution < -0.4 is 15.1 Å². The molecule has 1 N–H and O–H groups in total. The highest BCUT2D eigenvalue weighted by atomic mass is 31.2. The summed E-state index contributed by atoms with van der Waals surface area (Å²) in [5, 5.41) is 11.3. The van der Waals surface area contributed by atoms with Crippen LogP contribution >= 0.6 is 7.37 Å². The predicted octanol–water partition coefficient (Wildman–Crippen LogP) is 4.93. The van der Waals surface area contributed by atoms with Crippen LogP contribution in [0.5, 0.6) is 11.5 Å². The Hall–Kier alpha value is -3.62. The molecule has 0 heterocycles. The fourth-order valence-corrected chi connectivity index (χ4v) is 5.20. The van der Waals surface area contributed by atoms with Gasteiger partial charge in [-0.25, -0.2) is 0 Å². The van der Waals surface area contributed by atoms with Gasteiger partial charge in [0.25, 0.3) is 0 Å². The van der Waals surface area contributed by atoms with Gasteiger partial charge in [0.2, 0.25) is 0 Å². The van der Waals surface area contributed by atoms with Crippen LogP contribution in [0.1, 0.15) is 15.9 Å². The van der Waals surface area contributed by atoms with Crippen LogP contribution in [0.4, 0.5) is 0 Å². The molecule has 4 aromatic carbocycles. The standard InChI is InChI=1S/C25H19O4P/c26-24-17-16-20(18-23(24)25(27)19-10-4-1-5-11-19)29-30(28,21-12-6-2-7-13-21)22-14-8-3-9-15-22/h1-18,26H. The molecule has 0 unspecified atom stereocenters. The van der Waals surface area contributed by atoms with Crippen LogP contribution in [-0.2, 0) is 4.57 Å². The molecule has 0 atom stereocenters. The first-order valence-corrected chi connectivity index (χ1v) is 11.0. The summed E-state index contributed by atoms with van der Waals surface area (Å²) >= 11 is 0. The van der Waals surface area contributed by atoms with Crippen molar-refractivity contribution in [3.63, 3.8) is 0 Å². The number of phenols is 1. The zero-order chi connectivity index (χ0) is 21.0. The number of carbonyl (C=O) groups excluding carboxylic acids is 1. The topological polar surface area (TPSA) is 63.6 Å². The molecule has 0 aliphatic rings. The summed E-state index contributed by atoms with van der Waals surface area (Å²) in [5.74, 6) is -0.263. The second-order valence-corrected chi connectivity index (χ2v) is 9.01. The number of hydrogen-bond acceptors (Lipinski definition) is 4. The van der Waals surface area contributed by atoms with Crippen LogP contribution in [0.15, 0.2) is 109 Å². The maximum Gasteiger partial charge on any atom is 0.306 e. The largest absolute Gasteiger partial charge is 0.507 e. The molecule has 0 fully saturated rings. The summed E-state index contributed by atoms with van der Waals surface area (Å²) < 4.78 is 20.1. The first-order valence-electron chi connectivity index (χ1n) is 9.41. The van der Waals surface area contributed by atoms with E-state index in [1.54, 1.807) is 72.8 Å². The molecule has 0 saturated heterocycles. The van der Waals surface area contributed by atoms with E-state index in [9.17, 15) is 14.5 Å². The van der Waals surface area contributed by atoms with Crippen molar-refractivity contribution in [2.75, 3.05) is 0 Å². The average Bonchev–Trinajstić information content (AvgIpc) is 2.81. The number of rotatable bonds is 6. The minimum absolute atomic E-state index is 0.0892. The van der Waals surface area contributed by atoms with Gasteiger partial charge in [0.1, 0.15) is 11.5 Å². The molecule has 0 spiro atoms. The molecule has 0 radical (unpaired) electrons. The van der Waals surface area contributed by atoms with E-state index in [1.165, 1.54) is 18.2 Å². The molecule has 0 aliphatic carbocycles. The average molecular weight is 414 g/mol. The third kappa shape index (κ3) is 3.91. The lowest BCUT2D eigenvalue weighted by Crippen LogP contribution is -2.20. The number of aromatic hydroxyl groups is 1. The summed E-state index contributed by atoms with van der Waals surface area (Å²) in [5.41, 5.74) is 0.533. The van der Waals surface area contributed by atoms with Crippen LogP contribution in [0.25, 0.3) is 0 Å². The monoisotopic (exact) mass is 414 g/mol. The van der Waals surface area contributed by atoms with E-state index in [0.717, 1.165) is 0 Å². The second-order valence-electron chi connectivity index (χ2n) is 6.69. The van der Waals surface area contributed by atoms with Crippen molar-refractivity contribution in [2.45, 2.75) is 0 Å². The Balaban J connectivity index is 1.76. The lowest BCUT2D eigenvalue weighted by molar-refractivity contribution is 0.103. The first-order chi connectivity index (χ1) is 14.6. The fourth-order valence-electron chi connectivity index (χ4n) is 3.15. The molecule has 148 valence electrons. The van der Waals surface area contributed by atoms with Gasteiger partial charge >= 0.3 is 7.37 Å². The van der Waals surface area contributed by atoms with Gasteiger partial charge in [-0.15, -0.1) is 0 Å². The van der Waals surface area contributed by atoms with Gasteiger partial charge in [-0.05, 0) is 42.5 Å². The van der Waals surface area contributed by atoms with E-state index in [2.05, 4.69) is 0 Å². The van der Waals surface area contributed by atoms with Crippen LogP contribution in [0, 0.1) is 0 Å². The van der Waals surface area contributed by atoms with Crippen molar-refractivity contribution < 1.29 is 19.0 Å². The summed E-state index contributed by atoms with van der Waals surface area (Å²) in [6.07, 6.45) is 0. The van der Waals surface area contributed by atoms with Gasteiger partial charge < -0.3 is 9.63 Å². The molecule has 0 saturated carbocycles. The molecule has 0 aliphatic heterocycles. The Kier molecular flexibility index (Phi) is 5.51. The van der Waals surface area contributed by atoms with E-state index >= 15 is 0 Å². The molecule has 4 rings (SSSR count). The molecule has 0 amide bonds. The van der Waals surface area contributed by atoms with E-state index in [1.807, 2.05) is 18.2 Å². The normalized spacial score (nSPS) is 11.1. The molecule has 5 heteroatoms. The highest BCUT2D eigenvalue weighted by Gasteiger charge is 2.30. The Morgan fingerprint density at radius 1 is 0.700 bits per heavy atom. The summed E-state index contributed by atoms with van der Waals surface area (Å²) in [6, 6.07) is 30.9. The summed E-state index contributed by atoms with van der Waals surface area (Å²) in [7, 11) is -3.48. The first kappa shape index (κ1) is 19.7. The van der Waals surface area contributed by atoms with Crippen molar-refractivity contribution in [3.8, 4) is 11.5 Å². The van der Waals surface area contributed by atoms with Crippen molar-refractivity contribution in [1.82, 2.24) is 0 Å². The van der Waals surface area contributed by atoms with Gasteiger partial charge in [0.15, 0.2) is 5.78 Å². The number of hydrogen-bond donors (Lipinski definition) is 1. The van der Waals surface area contributed by atoms with Gasteiger partial charge in [-0.2, -0.15) is 0 Å².